The summed E-state index contributed by atoms with van der Waals surface area (Å²) in [6.45, 7) is 1.72. The Kier molecular flexibility index (Phi) is 4.63. The van der Waals surface area contributed by atoms with Crippen molar-refractivity contribution in [2.24, 2.45) is 22.9 Å². The maximum Gasteiger partial charge on any atom is 0.355 e. The topological polar surface area (TPSA) is 96.9 Å². The van der Waals surface area contributed by atoms with Gasteiger partial charge >= 0.3 is 5.97 Å². The van der Waals surface area contributed by atoms with Crippen LogP contribution in [0.25, 0.3) is 0 Å². The van der Waals surface area contributed by atoms with Crippen molar-refractivity contribution in [3.8, 4) is 0 Å². The molecule has 0 unspecified atom stereocenters. The molecule has 0 radical (unpaired) electrons. The lowest BCUT2D eigenvalue weighted by Gasteiger charge is -2.28. The van der Waals surface area contributed by atoms with E-state index in [2.05, 4.69) is 15.8 Å². The average Bonchev–Trinajstić information content (AvgIpc) is 3.16. The van der Waals surface area contributed by atoms with Gasteiger partial charge in [-0.2, -0.15) is 5.10 Å². The van der Waals surface area contributed by atoms with Crippen molar-refractivity contribution in [3.05, 3.63) is 0 Å². The van der Waals surface area contributed by atoms with Crippen LogP contribution in [0.1, 0.15) is 45.4 Å². The van der Waals surface area contributed by atoms with Crippen molar-refractivity contribution >= 4 is 23.5 Å². The number of carbonyl (C=O) groups is 3. The van der Waals surface area contributed by atoms with Gasteiger partial charge < -0.3 is 10.1 Å². The zero-order chi connectivity index (χ0) is 16.4. The van der Waals surface area contributed by atoms with Crippen LogP contribution in [0.5, 0.6) is 0 Å². The van der Waals surface area contributed by atoms with E-state index in [1.807, 2.05) is 6.92 Å². The van der Waals surface area contributed by atoms with Gasteiger partial charge in [0.05, 0.1) is 0 Å². The number of carbonyl (C=O) groups excluding carboxylic acids is 3. The van der Waals surface area contributed by atoms with E-state index < -0.39 is 5.97 Å². The quantitative estimate of drug-likeness (QED) is 0.730. The molecule has 7 nitrogen and oxygen atoms in total. The van der Waals surface area contributed by atoms with Gasteiger partial charge in [0.2, 0.25) is 5.91 Å². The van der Waals surface area contributed by atoms with Gasteiger partial charge in [-0.25, -0.2) is 10.2 Å². The summed E-state index contributed by atoms with van der Waals surface area (Å²) in [5.74, 6) is 0.965. The van der Waals surface area contributed by atoms with Gasteiger partial charge in [0.25, 0.3) is 5.91 Å². The number of rotatable bonds is 5. The first-order valence-corrected chi connectivity index (χ1v) is 8.35. The van der Waals surface area contributed by atoms with E-state index in [0.717, 1.165) is 11.8 Å². The highest BCUT2D eigenvalue weighted by atomic mass is 16.5. The van der Waals surface area contributed by atoms with Gasteiger partial charge in [-0.3, -0.25) is 9.59 Å². The minimum atomic E-state index is -0.646. The normalized spacial score (nSPS) is 30.4. The smallest absolute Gasteiger partial charge is 0.355 e. The molecule has 4 atom stereocenters. The molecule has 23 heavy (non-hydrogen) atoms. The number of nitrogens with one attached hydrogen (secondary N) is 2. The van der Waals surface area contributed by atoms with E-state index in [1.54, 1.807) is 0 Å². The second-order valence-corrected chi connectivity index (χ2v) is 6.86. The predicted molar refractivity (Wildman–Crippen MR) is 82.3 cm³/mol. The minimum absolute atomic E-state index is 0.114. The molecule has 3 aliphatic rings. The summed E-state index contributed by atoms with van der Waals surface area (Å²) in [5, 5.41) is 6.60. The van der Waals surface area contributed by atoms with Crippen LogP contribution in [0.4, 0.5) is 0 Å². The molecule has 1 aliphatic heterocycles. The lowest BCUT2D eigenvalue weighted by atomic mass is 9.84. The zero-order valence-corrected chi connectivity index (χ0v) is 13.3. The first-order valence-electron chi connectivity index (χ1n) is 8.35. The second kappa shape index (κ2) is 6.68. The summed E-state index contributed by atoms with van der Waals surface area (Å²) in [7, 11) is 0. The molecule has 2 N–H and O–H groups in total. The fourth-order valence-electron chi connectivity index (χ4n) is 4.14. The fourth-order valence-corrected chi connectivity index (χ4v) is 4.14. The van der Waals surface area contributed by atoms with E-state index in [1.165, 1.54) is 25.7 Å². The molecule has 2 saturated carbocycles. The van der Waals surface area contributed by atoms with Crippen molar-refractivity contribution in [1.82, 2.24) is 10.7 Å². The van der Waals surface area contributed by atoms with Crippen LogP contribution < -0.4 is 10.7 Å². The number of hydrogen-bond acceptors (Lipinski definition) is 5. The van der Waals surface area contributed by atoms with Gasteiger partial charge in [-0.05, 0) is 43.9 Å². The summed E-state index contributed by atoms with van der Waals surface area (Å²) >= 11 is 0. The summed E-state index contributed by atoms with van der Waals surface area (Å²) in [5.41, 5.74) is 2.38. The Morgan fingerprint density at radius 3 is 2.78 bits per heavy atom. The third-order valence-electron chi connectivity index (χ3n) is 5.30. The maximum absolute atomic E-state index is 12.0. The molecule has 2 fully saturated rings. The highest BCUT2D eigenvalue weighted by molar-refractivity contribution is 6.37. The third-order valence-corrected chi connectivity index (χ3v) is 5.30. The van der Waals surface area contributed by atoms with E-state index in [4.69, 9.17) is 4.74 Å². The molecule has 3 rings (SSSR count). The van der Waals surface area contributed by atoms with E-state index in [-0.39, 0.29) is 43.0 Å². The Hall–Kier alpha value is -1.92. The van der Waals surface area contributed by atoms with Crippen LogP contribution in [0.2, 0.25) is 0 Å². The first kappa shape index (κ1) is 16.0. The van der Waals surface area contributed by atoms with Gasteiger partial charge in [-0.15, -0.1) is 0 Å². The van der Waals surface area contributed by atoms with Crippen LogP contribution in [-0.4, -0.2) is 36.1 Å². The van der Waals surface area contributed by atoms with Gasteiger partial charge in [0.15, 0.2) is 6.61 Å². The Balaban J connectivity index is 1.41. The van der Waals surface area contributed by atoms with E-state index in [9.17, 15) is 14.4 Å². The summed E-state index contributed by atoms with van der Waals surface area (Å²) < 4.78 is 4.97. The predicted octanol–water partition coefficient (Wildman–Crippen LogP) is 0.736. The van der Waals surface area contributed by atoms with Crippen LogP contribution in [0, 0.1) is 17.8 Å². The molecule has 126 valence electrons. The zero-order valence-electron chi connectivity index (χ0n) is 13.3. The SMILES string of the molecule is C[C@H](NC(=O)COC(=O)C1=NNC(=O)CC1)[C@H]1C[C@H]2CC[C@H]1C2. The van der Waals surface area contributed by atoms with Crippen LogP contribution in [-0.2, 0) is 19.1 Å². The number of hydrogen-bond donors (Lipinski definition) is 2. The monoisotopic (exact) mass is 321 g/mol. The van der Waals surface area contributed by atoms with E-state index in [0.29, 0.717) is 5.92 Å². The molecule has 0 saturated heterocycles. The summed E-state index contributed by atoms with van der Waals surface area (Å²) in [6.07, 6.45) is 5.55. The molecule has 0 aromatic rings. The number of amides is 2. The molecule has 0 spiro atoms. The van der Waals surface area contributed by atoms with Gasteiger partial charge in [0, 0.05) is 18.9 Å². The molecular formula is C16H23N3O4. The minimum Gasteiger partial charge on any atom is -0.451 e. The third kappa shape index (κ3) is 3.71. The number of hydrazone groups is 1. The van der Waals surface area contributed by atoms with Crippen molar-refractivity contribution < 1.29 is 19.1 Å². The van der Waals surface area contributed by atoms with Gasteiger partial charge in [-0.1, -0.05) is 6.42 Å². The fraction of sp³-hybridized carbons (Fsp3) is 0.750. The molecule has 7 heteroatoms. The molecule has 1 heterocycles. The van der Waals surface area contributed by atoms with Crippen molar-refractivity contribution in [2.45, 2.75) is 51.5 Å². The van der Waals surface area contributed by atoms with Crippen molar-refractivity contribution in [3.63, 3.8) is 0 Å². The molecule has 2 aliphatic carbocycles. The highest BCUT2D eigenvalue weighted by Gasteiger charge is 2.42. The Morgan fingerprint density at radius 2 is 2.17 bits per heavy atom. The van der Waals surface area contributed by atoms with Crippen LogP contribution in [0.3, 0.4) is 0 Å². The molecular weight excluding hydrogens is 298 g/mol. The lowest BCUT2D eigenvalue weighted by molar-refractivity contribution is -0.142. The molecule has 0 aromatic heterocycles. The maximum atomic E-state index is 12.0. The summed E-state index contributed by atoms with van der Waals surface area (Å²) in [4.78, 5) is 34.7. The lowest BCUT2D eigenvalue weighted by Crippen LogP contribution is -2.42. The average molecular weight is 321 g/mol. The number of esters is 1. The standard InChI is InChI=1S/C16H23N3O4/c1-9(12-7-10-2-3-11(12)6-10)17-15(21)8-23-16(22)13-4-5-14(20)19-18-13/h9-12H,2-8H2,1H3,(H,17,21)(H,19,20)/t9-,10-,11-,12+/m0/s1. The molecule has 2 amide bonds. The van der Waals surface area contributed by atoms with Crippen LogP contribution >= 0.6 is 0 Å². The molecule has 0 aromatic carbocycles. The number of nitrogens with zero attached hydrogens (tertiary/aromatic N) is 1. The van der Waals surface area contributed by atoms with Gasteiger partial charge in [0.1, 0.15) is 5.71 Å². The van der Waals surface area contributed by atoms with Crippen molar-refractivity contribution in [2.75, 3.05) is 6.61 Å². The summed E-state index contributed by atoms with van der Waals surface area (Å²) in [6, 6.07) is 0.114. The Bertz CT molecular complexity index is 545. The number of ether oxygens (including phenoxy) is 1. The Labute approximate surface area is 135 Å². The highest BCUT2D eigenvalue weighted by Crippen LogP contribution is 2.49. The van der Waals surface area contributed by atoms with E-state index >= 15 is 0 Å². The largest absolute Gasteiger partial charge is 0.451 e. The van der Waals surface area contributed by atoms with Crippen LogP contribution in [0.15, 0.2) is 5.10 Å². The molecule has 2 bridgehead atoms. The number of fused-ring (bicyclic) bond motifs is 2. The first-order chi connectivity index (χ1) is 11.0. The Morgan fingerprint density at radius 1 is 1.35 bits per heavy atom. The second-order valence-electron chi connectivity index (χ2n) is 6.86. The van der Waals surface area contributed by atoms with Crippen molar-refractivity contribution in [1.29, 1.82) is 0 Å².